The zero-order chi connectivity index (χ0) is 24.2. The highest BCUT2D eigenvalue weighted by molar-refractivity contribution is 6.36. The van der Waals surface area contributed by atoms with E-state index in [0.717, 1.165) is 31.5 Å². The molecule has 2 aromatic carbocycles. The molecule has 2 atom stereocenters. The molecule has 4 N–H and O–H groups in total. The summed E-state index contributed by atoms with van der Waals surface area (Å²) in [5.74, 6) is 0.203. The Balaban J connectivity index is 1.46. The molecule has 3 aliphatic heterocycles. The molecule has 34 heavy (non-hydrogen) atoms. The summed E-state index contributed by atoms with van der Waals surface area (Å²) in [6.45, 7) is 5.15. The lowest BCUT2D eigenvalue weighted by Crippen LogP contribution is -2.64. The lowest BCUT2D eigenvalue weighted by molar-refractivity contribution is -0.00261. The van der Waals surface area contributed by atoms with Gasteiger partial charge in [-0.25, -0.2) is 8.78 Å². The van der Waals surface area contributed by atoms with Crippen molar-refractivity contribution in [3.05, 3.63) is 80.3 Å². The average Bonchev–Trinajstić information content (AvgIpc) is 2.77. The summed E-state index contributed by atoms with van der Waals surface area (Å²) in [4.78, 5) is 0. The molecule has 0 radical (unpaired) electrons. The van der Waals surface area contributed by atoms with E-state index in [1.165, 1.54) is 18.2 Å². The highest BCUT2D eigenvalue weighted by Crippen LogP contribution is 2.40. The largest absolute Gasteiger partial charge is 0.484 e. The Morgan fingerprint density at radius 3 is 2.68 bits per heavy atom. The van der Waals surface area contributed by atoms with Gasteiger partial charge in [0.1, 0.15) is 34.9 Å². The van der Waals surface area contributed by atoms with E-state index >= 15 is 4.39 Å². The second kappa shape index (κ2) is 8.63. The van der Waals surface area contributed by atoms with Gasteiger partial charge in [-0.1, -0.05) is 23.2 Å². The number of aryl methyl sites for hydroxylation is 1. The molecule has 0 aliphatic carbocycles. The fourth-order valence-corrected chi connectivity index (χ4v) is 5.39. The van der Waals surface area contributed by atoms with Gasteiger partial charge in [0.15, 0.2) is 5.76 Å². The molecule has 0 bridgehead atoms. The lowest BCUT2D eigenvalue weighted by atomic mass is 9.85. The monoisotopic (exact) mass is 507 g/mol. The Hall–Kier alpha value is -2.48. The Bertz CT molecular complexity index is 1230. The van der Waals surface area contributed by atoms with Crippen molar-refractivity contribution < 1.29 is 18.3 Å². The molecule has 0 saturated carbocycles. The normalized spacial score (nSPS) is 21.7. The van der Waals surface area contributed by atoms with E-state index in [9.17, 15) is 4.39 Å². The number of rotatable bonds is 4. The van der Waals surface area contributed by atoms with Crippen LogP contribution in [0.2, 0.25) is 10.0 Å². The molecule has 0 aromatic heterocycles. The van der Waals surface area contributed by atoms with Gasteiger partial charge in [0.2, 0.25) is 0 Å². The van der Waals surface area contributed by atoms with Crippen LogP contribution in [0.4, 0.5) is 8.78 Å². The predicted octanol–water partition coefficient (Wildman–Crippen LogP) is 5.22. The first-order valence-corrected chi connectivity index (χ1v) is 11.9. The lowest BCUT2D eigenvalue weighted by Gasteiger charge is -2.45. The van der Waals surface area contributed by atoms with E-state index in [2.05, 4.69) is 10.6 Å². The maximum Gasteiger partial charge on any atom is 0.160 e. The zero-order valence-corrected chi connectivity index (χ0v) is 20.3. The fourth-order valence-electron chi connectivity index (χ4n) is 4.71. The minimum atomic E-state index is -0.703. The van der Waals surface area contributed by atoms with Crippen molar-refractivity contribution in [2.75, 3.05) is 13.1 Å². The highest BCUT2D eigenvalue weighted by atomic mass is 35.5. The van der Waals surface area contributed by atoms with Crippen LogP contribution in [0.1, 0.15) is 43.1 Å². The third kappa shape index (κ3) is 4.00. The summed E-state index contributed by atoms with van der Waals surface area (Å²) >= 11 is 12.4. The maximum absolute atomic E-state index is 15.3. The summed E-state index contributed by atoms with van der Waals surface area (Å²) < 4.78 is 41.5. The van der Waals surface area contributed by atoms with Crippen LogP contribution in [0.25, 0.3) is 5.57 Å². The van der Waals surface area contributed by atoms with Crippen LogP contribution in [0.3, 0.4) is 0 Å². The molecule has 5 nitrogen and oxygen atoms in total. The number of hydrogen-bond donors (Lipinski definition) is 3. The van der Waals surface area contributed by atoms with Crippen LogP contribution in [0, 0.1) is 11.6 Å². The van der Waals surface area contributed by atoms with E-state index in [1.807, 2.05) is 13.0 Å². The smallest absolute Gasteiger partial charge is 0.160 e. The van der Waals surface area contributed by atoms with Crippen LogP contribution in [-0.2, 0) is 11.2 Å². The minimum absolute atomic E-state index is 0.110. The maximum atomic E-state index is 15.3. The van der Waals surface area contributed by atoms with Gasteiger partial charge in [-0.3, -0.25) is 0 Å². The van der Waals surface area contributed by atoms with Gasteiger partial charge in [-0.15, -0.1) is 0 Å². The van der Waals surface area contributed by atoms with Crippen molar-refractivity contribution in [1.29, 1.82) is 0 Å². The number of nitrogens with two attached hydrogens (primary N) is 1. The van der Waals surface area contributed by atoms with Gasteiger partial charge in [0.25, 0.3) is 0 Å². The first kappa shape index (κ1) is 23.3. The minimum Gasteiger partial charge on any atom is -0.484 e. The predicted molar refractivity (Wildman–Crippen MR) is 129 cm³/mol. The topological polar surface area (TPSA) is 68.5 Å². The summed E-state index contributed by atoms with van der Waals surface area (Å²) in [5, 5.41) is 6.53. The molecule has 9 heteroatoms. The van der Waals surface area contributed by atoms with Crippen LogP contribution in [-0.4, -0.2) is 24.7 Å². The number of allylic oxidation sites excluding steroid dienone is 1. The molecule has 0 amide bonds. The van der Waals surface area contributed by atoms with Crippen LogP contribution >= 0.6 is 23.2 Å². The summed E-state index contributed by atoms with van der Waals surface area (Å²) in [7, 11) is 0. The number of nitrogens with one attached hydrogen (secondary N) is 2. The molecule has 5 rings (SSSR count). The summed E-state index contributed by atoms with van der Waals surface area (Å²) in [6.07, 6.45) is 2.71. The van der Waals surface area contributed by atoms with Crippen molar-refractivity contribution in [1.82, 2.24) is 10.6 Å². The van der Waals surface area contributed by atoms with Gasteiger partial charge in [-0.05, 0) is 62.1 Å². The second-order valence-electron chi connectivity index (χ2n) is 9.09. The van der Waals surface area contributed by atoms with E-state index in [4.69, 9.17) is 38.4 Å². The Labute approximate surface area is 206 Å². The van der Waals surface area contributed by atoms with E-state index in [0.29, 0.717) is 28.2 Å². The summed E-state index contributed by atoms with van der Waals surface area (Å²) in [6, 6.07) is 5.67. The first-order valence-electron chi connectivity index (χ1n) is 11.2. The second-order valence-corrected chi connectivity index (χ2v) is 9.87. The van der Waals surface area contributed by atoms with Crippen molar-refractivity contribution >= 4 is 28.8 Å². The van der Waals surface area contributed by atoms with Crippen LogP contribution in [0.5, 0.6) is 5.75 Å². The third-order valence-corrected chi connectivity index (χ3v) is 7.43. The third-order valence-electron chi connectivity index (χ3n) is 6.71. The number of halogens is 4. The zero-order valence-electron chi connectivity index (χ0n) is 18.8. The van der Waals surface area contributed by atoms with Crippen molar-refractivity contribution in [3.63, 3.8) is 0 Å². The van der Waals surface area contributed by atoms with Crippen LogP contribution < -0.4 is 21.1 Å². The molecule has 3 aliphatic rings. The van der Waals surface area contributed by atoms with E-state index in [1.54, 1.807) is 13.0 Å². The summed E-state index contributed by atoms with van der Waals surface area (Å²) in [5.41, 5.74) is 8.38. The fraction of sp³-hybridized carbons (Fsp3) is 0.360. The number of ether oxygens (including phenoxy) is 2. The van der Waals surface area contributed by atoms with Crippen molar-refractivity contribution in [2.24, 2.45) is 5.73 Å². The number of benzene rings is 2. The van der Waals surface area contributed by atoms with Gasteiger partial charge >= 0.3 is 0 Å². The van der Waals surface area contributed by atoms with E-state index in [-0.39, 0.29) is 33.3 Å². The number of dihydropyridines is 1. The Morgan fingerprint density at radius 1 is 1.21 bits per heavy atom. The molecule has 1 spiro atoms. The average molecular weight is 508 g/mol. The SMILES string of the molecule is CC1NC(N)=C(OC(C)c2c(Cl)ccc(F)c2Cl)C=C1c1cc2c(cc1F)OC1(CC2)CNC1. The molecule has 1 fully saturated rings. The van der Waals surface area contributed by atoms with Crippen molar-refractivity contribution in [3.8, 4) is 5.75 Å². The van der Waals surface area contributed by atoms with Crippen molar-refractivity contribution in [2.45, 2.75) is 44.4 Å². The number of fused-ring (bicyclic) bond motifs is 1. The molecule has 2 unspecified atom stereocenters. The molecule has 1 saturated heterocycles. The molecule has 2 aromatic rings. The molecule has 180 valence electrons. The molecule has 3 heterocycles. The van der Waals surface area contributed by atoms with E-state index < -0.39 is 11.9 Å². The molecular formula is C25H25Cl2F2N3O2. The standard InChI is InChI=1S/C25H25Cl2F2N3O2/c1-12-15(16-7-14-5-6-25(10-31-11-25)34-20(14)9-19(16)29)8-21(24(30)32-12)33-13(2)22-17(26)3-4-18(28)23(22)27/h3-4,7-9,12-13,31-32H,5-6,10-11,30H2,1-2H3. The number of hydrogen-bond acceptors (Lipinski definition) is 5. The van der Waals surface area contributed by atoms with Gasteiger partial charge in [0.05, 0.1) is 11.1 Å². The Morgan fingerprint density at radius 2 is 1.97 bits per heavy atom. The molecular weight excluding hydrogens is 483 g/mol. The van der Waals surface area contributed by atoms with Crippen LogP contribution in [0.15, 0.2) is 41.9 Å². The van der Waals surface area contributed by atoms with Gasteiger partial charge < -0.3 is 25.8 Å². The first-order chi connectivity index (χ1) is 16.2. The Kier molecular flexibility index (Phi) is 5.91. The van der Waals surface area contributed by atoms with Gasteiger partial charge in [0, 0.05) is 35.3 Å². The quantitative estimate of drug-likeness (QED) is 0.495. The van der Waals surface area contributed by atoms with Gasteiger partial charge in [-0.2, -0.15) is 0 Å². The highest BCUT2D eigenvalue weighted by Gasteiger charge is 2.42.